The van der Waals surface area contributed by atoms with Gasteiger partial charge in [-0.3, -0.25) is 4.98 Å². The number of imidazole rings is 1. The molecule has 0 amide bonds. The maximum absolute atomic E-state index is 5.27. The van der Waals surface area contributed by atoms with Crippen LogP contribution in [0.4, 0.5) is 0 Å². The third-order valence-corrected chi connectivity index (χ3v) is 18.9. The molecule has 4 heterocycles. The van der Waals surface area contributed by atoms with Crippen LogP contribution >= 0.6 is 5.51 Å². The molecule has 1 unspecified atom stereocenters. The van der Waals surface area contributed by atoms with E-state index in [9.17, 15) is 0 Å². The van der Waals surface area contributed by atoms with Gasteiger partial charge in [-0.1, -0.05) is 36.4 Å². The van der Waals surface area contributed by atoms with Crippen LogP contribution in [0.1, 0.15) is 0 Å². The summed E-state index contributed by atoms with van der Waals surface area (Å²) in [6.07, 6.45) is 5.60. The summed E-state index contributed by atoms with van der Waals surface area (Å²) in [5, 5.41) is 13.5. The number of fused-ring (bicyclic) bond motifs is 11. The van der Waals surface area contributed by atoms with Gasteiger partial charge in [0, 0.05) is 18.0 Å². The Bertz CT molecular complexity index is 3710. The Morgan fingerprint density at radius 2 is 1.05 bits per heavy atom. The molecule has 0 fully saturated rings. The van der Waals surface area contributed by atoms with Crippen molar-refractivity contribution in [2.45, 2.75) is 0 Å². The van der Waals surface area contributed by atoms with Crippen molar-refractivity contribution in [3.8, 4) is 22.3 Å². The van der Waals surface area contributed by atoms with Crippen molar-refractivity contribution in [3.05, 3.63) is 201 Å². The van der Waals surface area contributed by atoms with Gasteiger partial charge in [0.15, 0.2) is 0 Å². The quantitative estimate of drug-likeness (QED) is 0.0751. The Kier molecular flexibility index (Phi) is 7.80. The molecule has 59 heavy (non-hydrogen) atoms. The molecule has 4 nitrogen and oxygen atoms in total. The molecule has 0 N–H and O–H groups in total. The summed E-state index contributed by atoms with van der Waals surface area (Å²) in [7, 11) is 0. The van der Waals surface area contributed by atoms with Gasteiger partial charge in [0.05, 0.1) is 11.0 Å². The van der Waals surface area contributed by atoms with Crippen LogP contribution in [0.15, 0.2) is 201 Å². The molecule has 12 aromatic rings. The number of aromatic nitrogens is 4. The van der Waals surface area contributed by atoms with E-state index in [1.807, 2.05) is 30.7 Å². The van der Waals surface area contributed by atoms with Gasteiger partial charge >= 0.3 is 228 Å². The molecule has 0 bridgehead atoms. The van der Waals surface area contributed by atoms with Crippen LogP contribution in [0.5, 0.6) is 0 Å². The van der Waals surface area contributed by atoms with E-state index in [0.717, 1.165) is 49.6 Å². The van der Waals surface area contributed by atoms with Gasteiger partial charge in [0.2, 0.25) is 0 Å². The molecule has 6 heteroatoms. The summed E-state index contributed by atoms with van der Waals surface area (Å²) < 4.78 is 2.35. The van der Waals surface area contributed by atoms with Crippen molar-refractivity contribution in [2.75, 3.05) is 0 Å². The number of hydrogen-bond donors (Lipinski definition) is 0. The number of pyridine rings is 3. The van der Waals surface area contributed by atoms with E-state index in [1.165, 1.54) is 59.4 Å². The van der Waals surface area contributed by atoms with E-state index in [4.69, 9.17) is 4.98 Å². The zero-order valence-electron chi connectivity index (χ0n) is 31.7. The Labute approximate surface area is 347 Å². The van der Waals surface area contributed by atoms with E-state index in [-0.39, 0.29) is 0 Å². The molecular weight excluding hydrogens is 803 g/mol. The Morgan fingerprint density at radius 1 is 0.407 bits per heavy atom. The van der Waals surface area contributed by atoms with Crippen molar-refractivity contribution in [2.24, 2.45) is 0 Å². The molecule has 0 saturated carbocycles. The van der Waals surface area contributed by atoms with Gasteiger partial charge in [0.1, 0.15) is 5.65 Å². The fourth-order valence-electron chi connectivity index (χ4n) is 8.94. The molecule has 4 aromatic heterocycles. The summed E-state index contributed by atoms with van der Waals surface area (Å²) >= 11 is 3.76. The van der Waals surface area contributed by atoms with Crippen LogP contribution < -0.4 is 15.9 Å². The Balaban J connectivity index is 1.03. The van der Waals surface area contributed by atoms with Crippen molar-refractivity contribution in [3.63, 3.8) is 0 Å². The molecule has 0 aliphatic rings. The van der Waals surface area contributed by atoms with Crippen LogP contribution in [0.2, 0.25) is 0 Å². The van der Waals surface area contributed by atoms with Crippen LogP contribution in [0.3, 0.4) is 0 Å². The predicted molar refractivity (Wildman–Crippen MR) is 251 cm³/mol. The van der Waals surface area contributed by atoms with Crippen molar-refractivity contribution in [1.29, 1.82) is 0 Å². The van der Waals surface area contributed by atoms with Crippen molar-refractivity contribution in [1.82, 2.24) is 19.4 Å². The maximum atomic E-state index is 5.27. The van der Waals surface area contributed by atoms with Crippen LogP contribution in [0, 0.1) is 0 Å². The monoisotopic (exact) mass is 836 g/mol. The summed E-state index contributed by atoms with van der Waals surface area (Å²) in [6.45, 7) is 0. The summed E-state index contributed by atoms with van der Waals surface area (Å²) in [4.78, 5) is 14.3. The molecule has 0 saturated heterocycles. The van der Waals surface area contributed by atoms with E-state index in [1.54, 1.807) is 0 Å². The predicted octanol–water partition coefficient (Wildman–Crippen LogP) is 11.8. The van der Waals surface area contributed by atoms with E-state index in [2.05, 4.69) is 199 Å². The van der Waals surface area contributed by atoms with Crippen molar-refractivity contribution < 1.29 is 0 Å². The van der Waals surface area contributed by atoms with Gasteiger partial charge in [-0.15, -0.1) is 0 Å². The van der Waals surface area contributed by atoms with Crippen LogP contribution in [0.25, 0.3) is 93.1 Å². The molecule has 12 rings (SSSR count). The van der Waals surface area contributed by atoms with Gasteiger partial charge in [-0.05, 0) is 40.6 Å². The second-order valence-corrected chi connectivity index (χ2v) is 21.5. The first kappa shape index (κ1) is 34.3. The average Bonchev–Trinajstić information content (AvgIpc) is 3.70. The topological polar surface area (TPSA) is 43.1 Å². The molecule has 0 aliphatic carbocycles. The summed E-state index contributed by atoms with van der Waals surface area (Å²) in [6, 6.07) is 66.6. The first-order valence-electron chi connectivity index (χ1n) is 19.8. The van der Waals surface area contributed by atoms with Gasteiger partial charge in [-0.2, -0.15) is 0 Å². The first-order valence-corrected chi connectivity index (χ1v) is 23.8. The number of benzene rings is 8. The third kappa shape index (κ3) is 5.51. The molecule has 0 aliphatic heterocycles. The van der Waals surface area contributed by atoms with Gasteiger partial charge in [-0.25, -0.2) is 4.98 Å². The fourth-order valence-corrected chi connectivity index (χ4v) is 13.8. The Morgan fingerprint density at radius 3 is 1.90 bits per heavy atom. The van der Waals surface area contributed by atoms with E-state index in [0.29, 0.717) is 0 Å². The Hall–Kier alpha value is -6.74. The molecule has 1 atom stereocenters. The second-order valence-electron chi connectivity index (χ2n) is 15.3. The second kappa shape index (κ2) is 13.4. The van der Waals surface area contributed by atoms with Gasteiger partial charge in [0.25, 0.3) is 0 Å². The normalized spacial score (nSPS) is 12.9. The molecular formula is C53H33N4PSe. The standard InChI is InChI=1S/C53H33N4PSe/c59-58(43-12-2-1-3-13-43,45-20-22-49-41(28-45)10-7-25-55-49)44-19-16-37-26-36(14-15-38(37)27-44)39-18-23-51-47(30-39)46-29-34-8-4-5-9-35(34)31-48(46)53-56-50-21-17-40(32-52(50)57(51)53)42-11-6-24-54-33-42/h1-33H. The molecule has 0 spiro atoms. The number of rotatable bonds is 5. The molecule has 8 aromatic carbocycles. The zero-order valence-corrected chi connectivity index (χ0v) is 34.3. The van der Waals surface area contributed by atoms with E-state index < -0.39 is 5.51 Å². The first-order chi connectivity index (χ1) is 29.1. The fraction of sp³-hybridized carbons (Fsp3) is 0. The van der Waals surface area contributed by atoms with Crippen LogP contribution in [-0.2, 0) is 0 Å². The van der Waals surface area contributed by atoms with Crippen molar-refractivity contribution >= 4 is 107 Å². The third-order valence-electron chi connectivity index (χ3n) is 11.9. The number of nitrogens with zero attached hydrogens (tertiary/aromatic N) is 4. The minimum absolute atomic E-state index is 0.966. The van der Waals surface area contributed by atoms with Crippen LogP contribution in [-0.4, -0.2) is 34.5 Å². The number of hydrogen-bond acceptors (Lipinski definition) is 3. The average molecular weight is 836 g/mol. The zero-order chi connectivity index (χ0) is 39.1. The van der Waals surface area contributed by atoms with E-state index >= 15 is 0 Å². The molecule has 0 radical (unpaired) electrons. The summed E-state index contributed by atoms with van der Waals surface area (Å²) in [5.41, 5.74) is 7.64. The minimum atomic E-state index is -2.09. The summed E-state index contributed by atoms with van der Waals surface area (Å²) in [5.74, 6) is 0. The van der Waals surface area contributed by atoms with Gasteiger partial charge < -0.3 is 0 Å². The molecule has 276 valence electrons. The SMILES string of the molecule is [Se]=P(c1ccccc1)(c1ccc2cc(-c3ccc4c(c3)c3cc5ccccc5cc3c3nc5ccc(-c6cccnc6)cc5n43)ccc2c1)c1ccc2ncccc2c1.